The third-order valence-corrected chi connectivity index (χ3v) is 4.80. The number of hydrogen-bond acceptors (Lipinski definition) is 4. The summed E-state index contributed by atoms with van der Waals surface area (Å²) in [5.41, 5.74) is 6.67. The SMILES string of the molecule is O=C(COc1ccccc1-c1ccccc1)NNC(=O)CSc1ccccc1. The Labute approximate surface area is 168 Å². The molecule has 28 heavy (non-hydrogen) atoms. The topological polar surface area (TPSA) is 67.4 Å². The molecule has 0 aliphatic carbocycles. The van der Waals surface area contributed by atoms with Crippen LogP contribution in [-0.2, 0) is 9.59 Å². The van der Waals surface area contributed by atoms with Crippen molar-refractivity contribution < 1.29 is 14.3 Å². The molecule has 0 saturated heterocycles. The lowest BCUT2D eigenvalue weighted by Gasteiger charge is -2.12. The van der Waals surface area contributed by atoms with Crippen LogP contribution in [-0.4, -0.2) is 24.2 Å². The van der Waals surface area contributed by atoms with Crippen molar-refractivity contribution >= 4 is 23.6 Å². The number of rotatable bonds is 7. The molecule has 142 valence electrons. The standard InChI is InChI=1S/C22H20N2O3S/c25-21(23-24-22(26)16-28-18-11-5-2-6-12-18)15-27-20-14-8-7-13-19(20)17-9-3-1-4-10-17/h1-14H,15-16H2,(H,23,25)(H,24,26). The van der Waals surface area contributed by atoms with E-state index < -0.39 is 5.91 Å². The van der Waals surface area contributed by atoms with E-state index in [2.05, 4.69) is 10.9 Å². The van der Waals surface area contributed by atoms with E-state index in [4.69, 9.17) is 4.74 Å². The number of amides is 2. The number of ether oxygens (including phenoxy) is 1. The van der Waals surface area contributed by atoms with Gasteiger partial charge in [-0.25, -0.2) is 0 Å². The Bertz CT molecular complexity index is 917. The average molecular weight is 392 g/mol. The van der Waals surface area contributed by atoms with Crippen molar-refractivity contribution in [1.82, 2.24) is 10.9 Å². The Hall–Kier alpha value is -3.25. The molecule has 5 nitrogen and oxygen atoms in total. The van der Waals surface area contributed by atoms with Gasteiger partial charge in [-0.05, 0) is 23.8 Å². The predicted molar refractivity (Wildman–Crippen MR) is 111 cm³/mol. The molecule has 0 aliphatic heterocycles. The minimum Gasteiger partial charge on any atom is -0.483 e. The summed E-state index contributed by atoms with van der Waals surface area (Å²) >= 11 is 1.40. The highest BCUT2D eigenvalue weighted by atomic mass is 32.2. The van der Waals surface area contributed by atoms with Crippen molar-refractivity contribution in [3.63, 3.8) is 0 Å². The molecule has 0 aliphatic rings. The van der Waals surface area contributed by atoms with Gasteiger partial charge in [0, 0.05) is 10.5 Å². The van der Waals surface area contributed by atoms with Gasteiger partial charge in [-0.2, -0.15) is 0 Å². The summed E-state index contributed by atoms with van der Waals surface area (Å²) in [6.07, 6.45) is 0. The van der Waals surface area contributed by atoms with Gasteiger partial charge in [0.15, 0.2) is 6.61 Å². The van der Waals surface area contributed by atoms with E-state index in [-0.39, 0.29) is 18.3 Å². The third kappa shape index (κ3) is 5.89. The van der Waals surface area contributed by atoms with Crippen LogP contribution in [0.2, 0.25) is 0 Å². The first-order valence-electron chi connectivity index (χ1n) is 8.75. The molecule has 6 heteroatoms. The maximum absolute atomic E-state index is 12.0. The molecule has 0 spiro atoms. The number of benzene rings is 3. The fourth-order valence-corrected chi connectivity index (χ4v) is 3.19. The summed E-state index contributed by atoms with van der Waals surface area (Å²) in [6, 6.07) is 26.9. The van der Waals surface area contributed by atoms with Gasteiger partial charge in [0.1, 0.15) is 5.75 Å². The molecule has 0 aromatic heterocycles. The molecule has 2 N–H and O–H groups in total. The maximum Gasteiger partial charge on any atom is 0.276 e. The lowest BCUT2D eigenvalue weighted by molar-refractivity contribution is -0.128. The van der Waals surface area contributed by atoms with Crippen molar-refractivity contribution in [3.05, 3.63) is 84.9 Å². The van der Waals surface area contributed by atoms with Gasteiger partial charge < -0.3 is 4.74 Å². The Kier molecular flexibility index (Phi) is 7.09. The number of carbonyl (C=O) groups is 2. The van der Waals surface area contributed by atoms with Crippen LogP contribution >= 0.6 is 11.8 Å². The maximum atomic E-state index is 12.0. The molecule has 3 aromatic rings. The van der Waals surface area contributed by atoms with Crippen LogP contribution in [0.15, 0.2) is 89.8 Å². The highest BCUT2D eigenvalue weighted by molar-refractivity contribution is 8.00. The predicted octanol–water partition coefficient (Wildman–Crippen LogP) is 3.67. The normalized spacial score (nSPS) is 10.1. The van der Waals surface area contributed by atoms with E-state index in [0.717, 1.165) is 16.0 Å². The molecular weight excluding hydrogens is 372 g/mol. The van der Waals surface area contributed by atoms with E-state index in [0.29, 0.717) is 5.75 Å². The number of hydrogen-bond donors (Lipinski definition) is 2. The molecule has 2 amide bonds. The number of carbonyl (C=O) groups excluding carboxylic acids is 2. The van der Waals surface area contributed by atoms with Gasteiger partial charge >= 0.3 is 0 Å². The zero-order chi connectivity index (χ0) is 19.6. The highest BCUT2D eigenvalue weighted by Crippen LogP contribution is 2.29. The van der Waals surface area contributed by atoms with Gasteiger partial charge in [0.05, 0.1) is 5.75 Å². The number of para-hydroxylation sites is 1. The molecule has 0 bridgehead atoms. The van der Waals surface area contributed by atoms with Crippen molar-refractivity contribution in [2.24, 2.45) is 0 Å². The smallest absolute Gasteiger partial charge is 0.276 e. The lowest BCUT2D eigenvalue weighted by Crippen LogP contribution is -2.44. The summed E-state index contributed by atoms with van der Waals surface area (Å²) in [5, 5.41) is 0. The Morgan fingerprint density at radius 3 is 2.11 bits per heavy atom. The highest BCUT2D eigenvalue weighted by Gasteiger charge is 2.09. The molecule has 0 fully saturated rings. The van der Waals surface area contributed by atoms with E-state index in [1.807, 2.05) is 84.9 Å². The second kappa shape index (κ2) is 10.2. The van der Waals surface area contributed by atoms with Crippen molar-refractivity contribution in [2.75, 3.05) is 12.4 Å². The molecule has 0 heterocycles. The Morgan fingerprint density at radius 1 is 0.750 bits per heavy atom. The monoisotopic (exact) mass is 392 g/mol. The van der Waals surface area contributed by atoms with Gasteiger partial charge in [0.25, 0.3) is 5.91 Å². The fourth-order valence-electron chi connectivity index (χ4n) is 2.47. The van der Waals surface area contributed by atoms with Gasteiger partial charge in [0.2, 0.25) is 5.91 Å². The minimum atomic E-state index is -0.430. The zero-order valence-electron chi connectivity index (χ0n) is 15.1. The van der Waals surface area contributed by atoms with E-state index >= 15 is 0 Å². The quantitative estimate of drug-likeness (QED) is 0.476. The first-order valence-corrected chi connectivity index (χ1v) is 9.74. The molecule has 0 saturated carbocycles. The van der Waals surface area contributed by atoms with Crippen molar-refractivity contribution in [1.29, 1.82) is 0 Å². The average Bonchev–Trinajstić information content (AvgIpc) is 2.76. The summed E-state index contributed by atoms with van der Waals surface area (Å²) in [5.74, 6) is 0.102. The molecule has 0 radical (unpaired) electrons. The Balaban J connectivity index is 1.45. The second-order valence-electron chi connectivity index (χ2n) is 5.85. The van der Waals surface area contributed by atoms with Crippen LogP contribution < -0.4 is 15.6 Å². The molecule has 0 unspecified atom stereocenters. The minimum absolute atomic E-state index is 0.198. The first kappa shape index (κ1) is 19.5. The van der Waals surface area contributed by atoms with E-state index in [1.165, 1.54) is 11.8 Å². The van der Waals surface area contributed by atoms with Crippen LogP contribution in [0, 0.1) is 0 Å². The second-order valence-corrected chi connectivity index (χ2v) is 6.90. The van der Waals surface area contributed by atoms with Crippen molar-refractivity contribution in [3.8, 4) is 16.9 Å². The van der Waals surface area contributed by atoms with Crippen LogP contribution in [0.1, 0.15) is 0 Å². The summed E-state index contributed by atoms with van der Waals surface area (Å²) in [6.45, 7) is -0.198. The summed E-state index contributed by atoms with van der Waals surface area (Å²) < 4.78 is 5.65. The largest absolute Gasteiger partial charge is 0.483 e. The molecule has 3 rings (SSSR count). The van der Waals surface area contributed by atoms with Crippen LogP contribution in [0.3, 0.4) is 0 Å². The zero-order valence-corrected chi connectivity index (χ0v) is 15.9. The summed E-state index contributed by atoms with van der Waals surface area (Å²) in [7, 11) is 0. The van der Waals surface area contributed by atoms with Gasteiger partial charge in [-0.15, -0.1) is 11.8 Å². The first-order chi connectivity index (χ1) is 13.7. The molecule has 3 aromatic carbocycles. The Morgan fingerprint density at radius 2 is 1.36 bits per heavy atom. The van der Waals surface area contributed by atoms with E-state index in [9.17, 15) is 9.59 Å². The third-order valence-electron chi connectivity index (χ3n) is 3.79. The number of nitrogens with one attached hydrogen (secondary N) is 2. The van der Waals surface area contributed by atoms with E-state index in [1.54, 1.807) is 0 Å². The van der Waals surface area contributed by atoms with Gasteiger partial charge in [-0.3, -0.25) is 20.4 Å². The fraction of sp³-hybridized carbons (Fsp3) is 0.0909. The van der Waals surface area contributed by atoms with Gasteiger partial charge in [-0.1, -0.05) is 66.7 Å². The van der Waals surface area contributed by atoms with Crippen LogP contribution in [0.4, 0.5) is 0 Å². The lowest BCUT2D eigenvalue weighted by atomic mass is 10.1. The number of thioether (sulfide) groups is 1. The van der Waals surface area contributed by atoms with Crippen molar-refractivity contribution in [2.45, 2.75) is 4.90 Å². The number of hydrazine groups is 1. The van der Waals surface area contributed by atoms with Crippen LogP contribution in [0.25, 0.3) is 11.1 Å². The summed E-state index contributed by atoms with van der Waals surface area (Å²) in [4.78, 5) is 24.8. The van der Waals surface area contributed by atoms with Crippen LogP contribution in [0.5, 0.6) is 5.75 Å². The molecule has 0 atom stereocenters. The molecular formula is C22H20N2O3S.